The lowest BCUT2D eigenvalue weighted by Gasteiger charge is -2.32. The number of fused-ring (bicyclic) bond motifs is 1. The van der Waals surface area contributed by atoms with E-state index in [2.05, 4.69) is 39.3 Å². The maximum absolute atomic E-state index is 14.7. The summed E-state index contributed by atoms with van der Waals surface area (Å²) in [5.74, 6) is -1.61. The number of pyridine rings is 1. The molecule has 0 atom stereocenters. The normalized spacial score (nSPS) is 18.6. The quantitative estimate of drug-likeness (QED) is 0.373. The van der Waals surface area contributed by atoms with Crippen LogP contribution in [0, 0.1) is 12.7 Å². The predicted octanol–water partition coefficient (Wildman–Crippen LogP) is 5.12. The smallest absolute Gasteiger partial charge is 0.351 e. The zero-order valence-electron chi connectivity index (χ0n) is 21.3. The van der Waals surface area contributed by atoms with Gasteiger partial charge in [-0.1, -0.05) is 6.07 Å². The Balaban J connectivity index is 1.49. The molecule has 2 aromatic heterocycles. The summed E-state index contributed by atoms with van der Waals surface area (Å²) in [7, 11) is -0.177. The van der Waals surface area contributed by atoms with Gasteiger partial charge in [-0.2, -0.15) is 13.2 Å². The van der Waals surface area contributed by atoms with Gasteiger partial charge < -0.3 is 10.2 Å². The summed E-state index contributed by atoms with van der Waals surface area (Å²) in [6.07, 6.45) is -0.298. The fourth-order valence-corrected chi connectivity index (χ4v) is 5.65. The van der Waals surface area contributed by atoms with Crippen LogP contribution in [0.25, 0.3) is 22.3 Å². The number of aromatic nitrogens is 3. The third-order valence-electron chi connectivity index (χ3n) is 6.68. The summed E-state index contributed by atoms with van der Waals surface area (Å²) in [4.78, 5) is 15.8. The Morgan fingerprint density at radius 2 is 1.79 bits per heavy atom. The number of aryl methyl sites for hydroxylation is 1. The summed E-state index contributed by atoms with van der Waals surface area (Å²) in [6.45, 7) is 1.85. The molecule has 2 N–H and O–H groups in total. The second-order valence-corrected chi connectivity index (χ2v) is 11.7. The van der Waals surface area contributed by atoms with Crippen LogP contribution in [0.5, 0.6) is 0 Å². The Bertz CT molecular complexity index is 1410. The Labute approximate surface area is 218 Å². The summed E-state index contributed by atoms with van der Waals surface area (Å²) in [5, 5.41) is 3.42. The minimum atomic E-state index is -4.64. The van der Waals surface area contributed by atoms with Crippen LogP contribution in [0.1, 0.15) is 37.7 Å². The molecule has 206 valence electrons. The molecule has 1 saturated carbocycles. The molecule has 3 aromatic rings. The summed E-state index contributed by atoms with van der Waals surface area (Å²) < 4.78 is 77.5. The molecule has 0 bridgehead atoms. The number of halogens is 4. The number of nitrogens with one attached hydrogen (secondary N) is 2. The number of hydrogen-bond donors (Lipinski definition) is 2. The van der Waals surface area contributed by atoms with Crippen molar-refractivity contribution < 1.29 is 26.0 Å². The maximum atomic E-state index is 14.7. The Morgan fingerprint density at radius 1 is 1.08 bits per heavy atom. The van der Waals surface area contributed by atoms with E-state index in [0.29, 0.717) is 40.3 Å². The van der Waals surface area contributed by atoms with Gasteiger partial charge in [0.15, 0.2) is 0 Å². The van der Waals surface area contributed by atoms with Crippen molar-refractivity contribution in [3.63, 3.8) is 0 Å². The SMILES string of the molecule is Cc1cc(-c2ccc(NS(=O)(=O)CCC(F)(F)F)c(F)c2)nc2cnc(NC3CCC(N(C)C)CC3)nc12. The van der Waals surface area contributed by atoms with Crippen molar-refractivity contribution in [2.24, 2.45) is 0 Å². The van der Waals surface area contributed by atoms with E-state index in [-0.39, 0.29) is 0 Å². The number of nitrogens with zero attached hydrogens (tertiary/aromatic N) is 4. The van der Waals surface area contributed by atoms with Crippen LogP contribution < -0.4 is 10.0 Å². The molecule has 13 heteroatoms. The van der Waals surface area contributed by atoms with E-state index in [1.807, 2.05) is 11.6 Å². The molecule has 0 radical (unpaired) electrons. The lowest BCUT2D eigenvalue weighted by molar-refractivity contribution is -0.129. The van der Waals surface area contributed by atoms with E-state index in [9.17, 15) is 26.0 Å². The molecule has 8 nitrogen and oxygen atoms in total. The summed E-state index contributed by atoms with van der Waals surface area (Å²) in [6, 6.07) is 6.30. The molecule has 1 fully saturated rings. The molecule has 2 heterocycles. The van der Waals surface area contributed by atoms with Crippen LogP contribution in [0.3, 0.4) is 0 Å². The van der Waals surface area contributed by atoms with Gasteiger partial charge in [0.1, 0.15) is 11.3 Å². The van der Waals surface area contributed by atoms with Crippen molar-refractivity contribution in [2.75, 3.05) is 29.9 Å². The van der Waals surface area contributed by atoms with Crippen LogP contribution in [0.4, 0.5) is 29.2 Å². The topological polar surface area (TPSA) is 100 Å². The third-order valence-corrected chi connectivity index (χ3v) is 7.95. The highest BCUT2D eigenvalue weighted by Gasteiger charge is 2.30. The summed E-state index contributed by atoms with van der Waals surface area (Å²) >= 11 is 0. The highest BCUT2D eigenvalue weighted by molar-refractivity contribution is 7.92. The van der Waals surface area contributed by atoms with E-state index in [0.717, 1.165) is 43.4 Å². The van der Waals surface area contributed by atoms with Gasteiger partial charge in [-0.25, -0.2) is 27.8 Å². The molecule has 1 aliphatic rings. The van der Waals surface area contributed by atoms with Crippen LogP contribution in [0.2, 0.25) is 0 Å². The fraction of sp³-hybridized carbons (Fsp3) is 0.480. The molecular weight excluding hydrogens is 524 g/mol. The van der Waals surface area contributed by atoms with Gasteiger partial charge in [-0.3, -0.25) is 4.72 Å². The monoisotopic (exact) mass is 554 g/mol. The van der Waals surface area contributed by atoms with Gasteiger partial charge in [-0.05, 0) is 70.5 Å². The van der Waals surface area contributed by atoms with Crippen molar-refractivity contribution >= 4 is 32.7 Å². The van der Waals surface area contributed by atoms with E-state index < -0.39 is 39.9 Å². The molecule has 0 amide bonds. The first-order chi connectivity index (χ1) is 17.8. The standard InChI is InChI=1S/C25H30F4N6O2S/c1-15-12-21(16-4-9-20(19(26)13-16)34-38(36,37)11-10-25(27,28)29)32-22-14-30-24(33-23(15)22)31-17-5-7-18(8-6-17)35(2)3/h4,9,12-14,17-18,34H,5-8,10-11H2,1-3H3,(H,30,31,33). The number of benzene rings is 1. The Kier molecular flexibility index (Phi) is 8.07. The van der Waals surface area contributed by atoms with Gasteiger partial charge in [0, 0.05) is 17.6 Å². The molecule has 4 rings (SSSR count). The van der Waals surface area contributed by atoms with E-state index >= 15 is 0 Å². The second-order valence-electron chi connectivity index (χ2n) is 9.85. The predicted molar refractivity (Wildman–Crippen MR) is 139 cm³/mol. The lowest BCUT2D eigenvalue weighted by Crippen LogP contribution is -2.36. The number of anilines is 2. The zero-order valence-corrected chi connectivity index (χ0v) is 22.1. The van der Waals surface area contributed by atoms with Crippen LogP contribution in [-0.4, -0.2) is 66.4 Å². The average molecular weight is 555 g/mol. The molecule has 1 aromatic carbocycles. The molecule has 0 aliphatic heterocycles. The molecule has 0 saturated heterocycles. The average Bonchev–Trinajstić information content (AvgIpc) is 2.84. The van der Waals surface area contributed by atoms with Gasteiger partial charge in [0.05, 0.1) is 35.3 Å². The summed E-state index contributed by atoms with van der Waals surface area (Å²) in [5.41, 5.74) is 2.32. The van der Waals surface area contributed by atoms with Gasteiger partial charge >= 0.3 is 6.18 Å². The highest BCUT2D eigenvalue weighted by Crippen LogP contribution is 2.29. The highest BCUT2D eigenvalue weighted by atomic mass is 32.2. The molecule has 38 heavy (non-hydrogen) atoms. The first-order valence-corrected chi connectivity index (χ1v) is 13.9. The van der Waals surface area contributed by atoms with E-state index in [1.54, 1.807) is 12.3 Å². The number of hydrogen-bond acceptors (Lipinski definition) is 7. The maximum Gasteiger partial charge on any atom is 0.390 e. The third kappa shape index (κ3) is 7.07. The lowest BCUT2D eigenvalue weighted by atomic mass is 9.91. The Hall–Kier alpha value is -3.06. The molecule has 0 unspecified atom stereocenters. The number of alkyl halides is 3. The van der Waals surface area contributed by atoms with Crippen molar-refractivity contribution in [2.45, 2.75) is 57.3 Å². The van der Waals surface area contributed by atoms with Crippen LogP contribution in [-0.2, 0) is 10.0 Å². The molecule has 1 aliphatic carbocycles. The van der Waals surface area contributed by atoms with Crippen LogP contribution in [0.15, 0.2) is 30.5 Å². The van der Waals surface area contributed by atoms with Gasteiger partial charge in [-0.15, -0.1) is 0 Å². The first-order valence-electron chi connectivity index (χ1n) is 12.2. The first kappa shape index (κ1) is 28.0. The molecule has 0 spiro atoms. The van der Waals surface area contributed by atoms with Gasteiger partial charge in [0.2, 0.25) is 16.0 Å². The van der Waals surface area contributed by atoms with Crippen molar-refractivity contribution in [3.05, 3.63) is 41.8 Å². The van der Waals surface area contributed by atoms with Gasteiger partial charge in [0.25, 0.3) is 0 Å². The minimum Gasteiger partial charge on any atom is -0.351 e. The van der Waals surface area contributed by atoms with Crippen LogP contribution >= 0.6 is 0 Å². The molecular formula is C25H30F4N6O2S. The number of rotatable bonds is 8. The number of sulfonamides is 1. The van der Waals surface area contributed by atoms with E-state index in [4.69, 9.17) is 0 Å². The van der Waals surface area contributed by atoms with E-state index in [1.165, 1.54) is 6.07 Å². The second kappa shape index (κ2) is 11.0. The van der Waals surface area contributed by atoms with Crippen molar-refractivity contribution in [3.8, 4) is 11.3 Å². The Morgan fingerprint density at radius 3 is 2.42 bits per heavy atom. The largest absolute Gasteiger partial charge is 0.390 e. The fourth-order valence-electron chi connectivity index (χ4n) is 4.55. The van der Waals surface area contributed by atoms with Crippen molar-refractivity contribution in [1.29, 1.82) is 0 Å². The van der Waals surface area contributed by atoms with Crippen molar-refractivity contribution in [1.82, 2.24) is 19.9 Å². The zero-order chi connectivity index (χ0) is 27.7. The minimum absolute atomic E-state index is 0.295.